The van der Waals surface area contributed by atoms with Crippen LogP contribution in [0.2, 0.25) is 0 Å². The van der Waals surface area contributed by atoms with Crippen LogP contribution in [-0.4, -0.2) is 20.8 Å². The lowest BCUT2D eigenvalue weighted by Crippen LogP contribution is -2.15. The lowest BCUT2D eigenvalue weighted by molar-refractivity contribution is 0.101. The first kappa shape index (κ1) is 20.4. The highest BCUT2D eigenvalue weighted by Gasteiger charge is 2.20. The SMILES string of the molecule is Cc1cc(C)n(Cc2cccc(NC(=O)c3noc(C)c3COc3ccccc3)c2)n1. The zero-order chi connectivity index (χ0) is 21.8. The molecule has 2 heterocycles. The number of rotatable bonds is 7. The average molecular weight is 416 g/mol. The van der Waals surface area contributed by atoms with Crippen molar-refractivity contribution in [2.45, 2.75) is 33.9 Å². The average Bonchev–Trinajstić information content (AvgIpc) is 3.28. The fourth-order valence-corrected chi connectivity index (χ4v) is 3.36. The van der Waals surface area contributed by atoms with E-state index < -0.39 is 0 Å². The molecule has 0 saturated carbocycles. The fourth-order valence-electron chi connectivity index (χ4n) is 3.36. The molecule has 2 aromatic carbocycles. The lowest BCUT2D eigenvalue weighted by Gasteiger charge is -2.09. The predicted molar refractivity (Wildman–Crippen MR) is 117 cm³/mol. The minimum atomic E-state index is -0.341. The Morgan fingerprint density at radius 2 is 1.87 bits per heavy atom. The Balaban J connectivity index is 1.47. The third-order valence-electron chi connectivity index (χ3n) is 4.95. The molecule has 0 fully saturated rings. The van der Waals surface area contributed by atoms with Gasteiger partial charge in [0.15, 0.2) is 5.69 Å². The quantitative estimate of drug-likeness (QED) is 0.473. The number of anilines is 1. The number of carbonyl (C=O) groups excluding carboxylic acids is 1. The largest absolute Gasteiger partial charge is 0.489 e. The van der Waals surface area contributed by atoms with Crippen LogP contribution in [0.5, 0.6) is 5.75 Å². The molecule has 4 rings (SSSR count). The highest BCUT2D eigenvalue weighted by Crippen LogP contribution is 2.20. The molecule has 1 N–H and O–H groups in total. The standard InChI is InChI=1S/C24H24N4O3/c1-16-12-17(2)28(26-16)14-19-8-7-9-20(13-19)25-24(29)23-22(18(3)31-27-23)15-30-21-10-5-4-6-11-21/h4-13H,14-15H2,1-3H3,(H,25,29). The first-order valence-electron chi connectivity index (χ1n) is 10.0. The normalized spacial score (nSPS) is 10.8. The molecule has 0 spiro atoms. The summed E-state index contributed by atoms with van der Waals surface area (Å²) in [4.78, 5) is 12.9. The van der Waals surface area contributed by atoms with Gasteiger partial charge in [-0.05, 0) is 56.7 Å². The number of para-hydroxylation sites is 1. The Hall–Kier alpha value is -3.87. The molecule has 0 aliphatic heterocycles. The molecule has 1 amide bonds. The molecule has 7 heteroatoms. The van der Waals surface area contributed by atoms with Gasteiger partial charge >= 0.3 is 0 Å². The van der Waals surface area contributed by atoms with Crippen molar-refractivity contribution >= 4 is 11.6 Å². The summed E-state index contributed by atoms with van der Waals surface area (Å²) in [7, 11) is 0. The van der Waals surface area contributed by atoms with Gasteiger partial charge in [-0.2, -0.15) is 5.10 Å². The van der Waals surface area contributed by atoms with Crippen molar-refractivity contribution in [2.75, 3.05) is 5.32 Å². The fraction of sp³-hybridized carbons (Fsp3) is 0.208. The van der Waals surface area contributed by atoms with E-state index in [9.17, 15) is 4.79 Å². The van der Waals surface area contributed by atoms with Crippen LogP contribution in [0.1, 0.15) is 38.8 Å². The third kappa shape index (κ3) is 4.83. The molecule has 31 heavy (non-hydrogen) atoms. The molecular formula is C24H24N4O3. The van der Waals surface area contributed by atoms with Crippen LogP contribution in [0.3, 0.4) is 0 Å². The number of nitrogens with zero attached hydrogens (tertiary/aromatic N) is 3. The van der Waals surface area contributed by atoms with Crippen LogP contribution in [0, 0.1) is 20.8 Å². The zero-order valence-electron chi connectivity index (χ0n) is 17.8. The Kier molecular flexibility index (Phi) is 5.84. The molecule has 2 aromatic heterocycles. The van der Waals surface area contributed by atoms with Crippen LogP contribution in [0.4, 0.5) is 5.69 Å². The molecule has 7 nitrogen and oxygen atoms in total. The zero-order valence-corrected chi connectivity index (χ0v) is 17.8. The summed E-state index contributed by atoms with van der Waals surface area (Å²) in [5, 5.41) is 11.4. The molecule has 0 atom stereocenters. The molecule has 4 aromatic rings. The van der Waals surface area contributed by atoms with Crippen LogP contribution < -0.4 is 10.1 Å². The van der Waals surface area contributed by atoms with Crippen molar-refractivity contribution in [3.63, 3.8) is 0 Å². The summed E-state index contributed by atoms with van der Waals surface area (Å²) in [6.45, 7) is 6.59. The first-order chi connectivity index (χ1) is 15.0. The monoisotopic (exact) mass is 416 g/mol. The van der Waals surface area contributed by atoms with Crippen molar-refractivity contribution in [1.29, 1.82) is 0 Å². The number of aromatic nitrogens is 3. The number of hydrogen-bond acceptors (Lipinski definition) is 5. The van der Waals surface area contributed by atoms with Gasteiger partial charge in [-0.3, -0.25) is 9.48 Å². The van der Waals surface area contributed by atoms with E-state index in [1.165, 1.54) is 0 Å². The minimum Gasteiger partial charge on any atom is -0.489 e. The van der Waals surface area contributed by atoms with Crippen LogP contribution >= 0.6 is 0 Å². The lowest BCUT2D eigenvalue weighted by atomic mass is 10.1. The molecule has 0 bridgehead atoms. The van der Waals surface area contributed by atoms with Crippen LogP contribution in [-0.2, 0) is 13.2 Å². The third-order valence-corrected chi connectivity index (χ3v) is 4.95. The van der Waals surface area contributed by atoms with Gasteiger partial charge in [-0.1, -0.05) is 35.5 Å². The number of nitrogens with one attached hydrogen (secondary N) is 1. The maximum absolute atomic E-state index is 12.9. The molecule has 0 unspecified atom stereocenters. The van der Waals surface area contributed by atoms with E-state index in [-0.39, 0.29) is 18.2 Å². The summed E-state index contributed by atoms with van der Waals surface area (Å²) in [5.41, 5.74) is 4.63. The summed E-state index contributed by atoms with van der Waals surface area (Å²) < 4.78 is 13.0. The van der Waals surface area contributed by atoms with Gasteiger partial charge < -0.3 is 14.6 Å². The van der Waals surface area contributed by atoms with E-state index in [0.29, 0.717) is 29.3 Å². The number of aryl methyl sites for hydroxylation is 3. The second-order valence-electron chi connectivity index (χ2n) is 7.41. The van der Waals surface area contributed by atoms with Gasteiger partial charge in [0.1, 0.15) is 18.1 Å². The highest BCUT2D eigenvalue weighted by atomic mass is 16.5. The number of amides is 1. The van der Waals surface area contributed by atoms with Gasteiger partial charge in [0.05, 0.1) is 17.8 Å². The van der Waals surface area contributed by atoms with Crippen molar-refractivity contribution in [3.05, 3.63) is 94.6 Å². The minimum absolute atomic E-state index is 0.195. The van der Waals surface area contributed by atoms with E-state index in [2.05, 4.69) is 15.6 Å². The van der Waals surface area contributed by atoms with Gasteiger partial charge in [0.2, 0.25) is 0 Å². The molecule has 0 aliphatic carbocycles. The summed E-state index contributed by atoms with van der Waals surface area (Å²) >= 11 is 0. The number of benzene rings is 2. The van der Waals surface area contributed by atoms with E-state index in [1.807, 2.05) is 79.2 Å². The smallest absolute Gasteiger partial charge is 0.278 e. The Morgan fingerprint density at radius 1 is 1.06 bits per heavy atom. The Labute approximate surface area is 180 Å². The van der Waals surface area contributed by atoms with E-state index >= 15 is 0 Å². The Morgan fingerprint density at radius 3 is 2.61 bits per heavy atom. The van der Waals surface area contributed by atoms with Crippen molar-refractivity contribution in [3.8, 4) is 5.75 Å². The summed E-state index contributed by atoms with van der Waals surface area (Å²) in [6, 6.07) is 19.1. The predicted octanol–water partition coefficient (Wildman–Crippen LogP) is 4.68. The van der Waals surface area contributed by atoms with Crippen molar-refractivity contribution in [1.82, 2.24) is 14.9 Å². The summed E-state index contributed by atoms with van der Waals surface area (Å²) in [5.74, 6) is 0.928. The number of hydrogen-bond donors (Lipinski definition) is 1. The highest BCUT2D eigenvalue weighted by molar-refractivity contribution is 6.03. The molecular weight excluding hydrogens is 392 g/mol. The second kappa shape index (κ2) is 8.87. The number of ether oxygens (including phenoxy) is 1. The first-order valence-corrected chi connectivity index (χ1v) is 10.0. The topological polar surface area (TPSA) is 82.2 Å². The van der Waals surface area contributed by atoms with E-state index in [1.54, 1.807) is 6.92 Å². The van der Waals surface area contributed by atoms with Crippen molar-refractivity contribution in [2.24, 2.45) is 0 Å². The molecule has 0 saturated heterocycles. The summed E-state index contributed by atoms with van der Waals surface area (Å²) in [6.07, 6.45) is 0. The van der Waals surface area contributed by atoms with Gasteiger partial charge in [-0.25, -0.2) is 0 Å². The maximum atomic E-state index is 12.9. The van der Waals surface area contributed by atoms with E-state index in [0.717, 1.165) is 17.0 Å². The van der Waals surface area contributed by atoms with Gasteiger partial charge in [0, 0.05) is 11.4 Å². The van der Waals surface area contributed by atoms with Crippen LogP contribution in [0.25, 0.3) is 0 Å². The van der Waals surface area contributed by atoms with E-state index in [4.69, 9.17) is 9.26 Å². The molecule has 0 radical (unpaired) electrons. The molecule has 0 aliphatic rings. The van der Waals surface area contributed by atoms with Crippen molar-refractivity contribution < 1.29 is 14.1 Å². The van der Waals surface area contributed by atoms with Crippen LogP contribution in [0.15, 0.2) is 65.2 Å². The maximum Gasteiger partial charge on any atom is 0.278 e. The Bertz CT molecular complexity index is 1190. The second-order valence-corrected chi connectivity index (χ2v) is 7.41. The number of carbonyl (C=O) groups is 1. The molecule has 158 valence electrons. The van der Waals surface area contributed by atoms with Gasteiger partial charge in [0.25, 0.3) is 5.91 Å². The van der Waals surface area contributed by atoms with Gasteiger partial charge in [-0.15, -0.1) is 0 Å².